The second-order valence-electron chi connectivity index (χ2n) is 5.25. The van der Waals surface area contributed by atoms with Gasteiger partial charge in [0.15, 0.2) is 0 Å². The first-order chi connectivity index (χ1) is 11.6. The fourth-order valence-corrected chi connectivity index (χ4v) is 2.71. The summed E-state index contributed by atoms with van der Waals surface area (Å²) in [6.07, 6.45) is 2.00. The fourth-order valence-electron chi connectivity index (χ4n) is 2.19. The summed E-state index contributed by atoms with van der Waals surface area (Å²) in [7, 11) is 0. The van der Waals surface area contributed by atoms with Crippen molar-refractivity contribution in [3.8, 4) is 0 Å². The van der Waals surface area contributed by atoms with Crippen LogP contribution in [0.5, 0.6) is 0 Å². The lowest BCUT2D eigenvalue weighted by Gasteiger charge is -2.08. The summed E-state index contributed by atoms with van der Waals surface area (Å²) in [5, 5.41) is 14.3. The Hall–Kier alpha value is -2.31. The number of aliphatic hydroxyl groups is 1. The highest BCUT2D eigenvalue weighted by molar-refractivity contribution is 7.97. The van der Waals surface area contributed by atoms with Crippen LogP contribution in [-0.2, 0) is 28.5 Å². The number of thioether (sulfide) groups is 1. The van der Waals surface area contributed by atoms with Gasteiger partial charge >= 0.3 is 11.8 Å². The minimum atomic E-state index is -0.699. The van der Waals surface area contributed by atoms with Gasteiger partial charge in [-0.05, 0) is 35.1 Å². The number of anilines is 1. The molecule has 0 saturated carbocycles. The SMILES string of the molecule is CSCc1cccc(NC(=O)C(=O)NCc2cccc(CO)c2)c1. The zero-order valence-electron chi connectivity index (χ0n) is 13.4. The van der Waals surface area contributed by atoms with Crippen LogP contribution in [0.25, 0.3) is 0 Å². The van der Waals surface area contributed by atoms with Crippen molar-refractivity contribution in [3.05, 3.63) is 65.2 Å². The van der Waals surface area contributed by atoms with Gasteiger partial charge in [0.25, 0.3) is 0 Å². The van der Waals surface area contributed by atoms with Crippen LogP contribution < -0.4 is 10.6 Å². The number of aliphatic hydroxyl groups excluding tert-OH is 1. The summed E-state index contributed by atoms with van der Waals surface area (Å²) in [4.78, 5) is 23.9. The number of hydrogen-bond donors (Lipinski definition) is 3. The van der Waals surface area contributed by atoms with E-state index >= 15 is 0 Å². The molecule has 5 nitrogen and oxygen atoms in total. The number of carbonyl (C=O) groups excluding carboxylic acids is 2. The standard InChI is InChI=1S/C18H20N2O3S/c1-24-12-15-6-3-7-16(9-15)20-18(23)17(22)19-10-13-4-2-5-14(8-13)11-21/h2-9,21H,10-12H2,1H3,(H,19,22)(H,20,23). The van der Waals surface area contributed by atoms with Crippen molar-refractivity contribution in [2.75, 3.05) is 11.6 Å². The molecule has 2 aromatic rings. The lowest BCUT2D eigenvalue weighted by atomic mass is 10.1. The molecule has 0 unspecified atom stereocenters. The van der Waals surface area contributed by atoms with E-state index in [9.17, 15) is 9.59 Å². The first-order valence-corrected chi connectivity index (χ1v) is 8.87. The summed E-state index contributed by atoms with van der Waals surface area (Å²) in [5.74, 6) is -0.550. The molecule has 0 atom stereocenters. The molecule has 0 fully saturated rings. The molecular weight excluding hydrogens is 324 g/mol. The Kier molecular flexibility index (Phi) is 6.84. The number of carbonyl (C=O) groups is 2. The fraction of sp³-hybridized carbons (Fsp3) is 0.222. The van der Waals surface area contributed by atoms with E-state index < -0.39 is 11.8 Å². The number of rotatable bonds is 6. The molecule has 0 aliphatic rings. The Morgan fingerprint density at radius 3 is 2.46 bits per heavy atom. The average molecular weight is 344 g/mol. The topological polar surface area (TPSA) is 78.4 Å². The molecule has 0 bridgehead atoms. The molecular formula is C18H20N2O3S. The highest BCUT2D eigenvalue weighted by Gasteiger charge is 2.13. The molecule has 2 amide bonds. The van der Waals surface area contributed by atoms with Crippen LogP contribution in [0, 0.1) is 0 Å². The van der Waals surface area contributed by atoms with E-state index in [1.165, 1.54) is 0 Å². The monoisotopic (exact) mass is 344 g/mol. The maximum atomic E-state index is 12.0. The van der Waals surface area contributed by atoms with Crippen molar-refractivity contribution < 1.29 is 14.7 Å². The van der Waals surface area contributed by atoms with Gasteiger partial charge in [0.2, 0.25) is 0 Å². The van der Waals surface area contributed by atoms with Crippen molar-refractivity contribution >= 4 is 29.3 Å². The largest absolute Gasteiger partial charge is 0.392 e. The predicted molar refractivity (Wildman–Crippen MR) is 96.5 cm³/mol. The Morgan fingerprint density at radius 1 is 1.00 bits per heavy atom. The molecule has 0 heterocycles. The van der Waals surface area contributed by atoms with Gasteiger partial charge in [0.1, 0.15) is 0 Å². The van der Waals surface area contributed by atoms with Crippen LogP contribution in [0.2, 0.25) is 0 Å². The third kappa shape index (κ3) is 5.40. The van der Waals surface area contributed by atoms with Crippen LogP contribution in [0.3, 0.4) is 0 Å². The normalized spacial score (nSPS) is 10.2. The maximum Gasteiger partial charge on any atom is 0.313 e. The molecule has 0 aliphatic heterocycles. The van der Waals surface area contributed by atoms with E-state index in [1.54, 1.807) is 36.0 Å². The summed E-state index contributed by atoms with van der Waals surface area (Å²) in [6, 6.07) is 14.6. The maximum absolute atomic E-state index is 12.0. The van der Waals surface area contributed by atoms with Crippen molar-refractivity contribution in [1.29, 1.82) is 0 Å². The Labute approximate surface area is 145 Å². The third-order valence-electron chi connectivity index (χ3n) is 3.33. The number of amides is 2. The minimum Gasteiger partial charge on any atom is -0.392 e. The minimum absolute atomic E-state index is 0.0609. The van der Waals surface area contributed by atoms with Gasteiger partial charge in [-0.15, -0.1) is 0 Å². The number of nitrogens with one attached hydrogen (secondary N) is 2. The summed E-state index contributed by atoms with van der Waals surface area (Å²) in [5.41, 5.74) is 3.27. The van der Waals surface area contributed by atoms with Crippen LogP contribution >= 0.6 is 11.8 Å². The first-order valence-electron chi connectivity index (χ1n) is 7.48. The molecule has 0 saturated heterocycles. The second-order valence-corrected chi connectivity index (χ2v) is 6.11. The number of benzene rings is 2. The van der Waals surface area contributed by atoms with Gasteiger partial charge in [0.05, 0.1) is 6.61 Å². The quantitative estimate of drug-likeness (QED) is 0.703. The van der Waals surface area contributed by atoms with E-state index in [1.807, 2.05) is 30.5 Å². The molecule has 126 valence electrons. The van der Waals surface area contributed by atoms with Gasteiger partial charge < -0.3 is 15.7 Å². The summed E-state index contributed by atoms with van der Waals surface area (Å²) >= 11 is 1.69. The zero-order chi connectivity index (χ0) is 17.4. The lowest BCUT2D eigenvalue weighted by molar-refractivity contribution is -0.136. The van der Waals surface area contributed by atoms with Gasteiger partial charge in [0, 0.05) is 18.0 Å². The highest BCUT2D eigenvalue weighted by atomic mass is 32.2. The molecule has 3 N–H and O–H groups in total. The molecule has 0 spiro atoms. The molecule has 0 radical (unpaired) electrons. The molecule has 2 aromatic carbocycles. The van der Waals surface area contributed by atoms with Crippen LogP contribution in [0.1, 0.15) is 16.7 Å². The van der Waals surface area contributed by atoms with Gasteiger partial charge in [-0.3, -0.25) is 9.59 Å². The second kappa shape index (κ2) is 9.10. The highest BCUT2D eigenvalue weighted by Crippen LogP contribution is 2.14. The molecule has 6 heteroatoms. The van der Waals surface area contributed by atoms with E-state index in [4.69, 9.17) is 5.11 Å². The van der Waals surface area contributed by atoms with Gasteiger partial charge in [-0.25, -0.2) is 0 Å². The van der Waals surface area contributed by atoms with Gasteiger partial charge in [-0.2, -0.15) is 11.8 Å². The van der Waals surface area contributed by atoms with Crippen molar-refractivity contribution in [1.82, 2.24) is 5.32 Å². The van der Waals surface area contributed by atoms with Crippen LogP contribution in [-0.4, -0.2) is 23.2 Å². The molecule has 24 heavy (non-hydrogen) atoms. The molecule has 0 aliphatic carbocycles. The Balaban J connectivity index is 1.90. The Morgan fingerprint density at radius 2 is 1.71 bits per heavy atom. The lowest BCUT2D eigenvalue weighted by Crippen LogP contribution is -2.35. The predicted octanol–water partition coefficient (Wildman–Crippen LogP) is 2.30. The average Bonchev–Trinajstić information content (AvgIpc) is 2.60. The van der Waals surface area contributed by atoms with E-state index in [-0.39, 0.29) is 13.2 Å². The van der Waals surface area contributed by atoms with E-state index in [0.29, 0.717) is 5.69 Å². The molecule has 0 aromatic heterocycles. The van der Waals surface area contributed by atoms with Crippen LogP contribution in [0.4, 0.5) is 5.69 Å². The van der Waals surface area contributed by atoms with Crippen molar-refractivity contribution in [3.63, 3.8) is 0 Å². The number of hydrogen-bond acceptors (Lipinski definition) is 4. The van der Waals surface area contributed by atoms with Crippen molar-refractivity contribution in [2.24, 2.45) is 0 Å². The smallest absolute Gasteiger partial charge is 0.313 e. The zero-order valence-corrected chi connectivity index (χ0v) is 14.2. The molecule has 2 rings (SSSR count). The Bertz CT molecular complexity index is 719. The summed E-state index contributed by atoms with van der Waals surface area (Å²) in [6.45, 7) is 0.168. The van der Waals surface area contributed by atoms with Gasteiger partial charge in [-0.1, -0.05) is 36.4 Å². The summed E-state index contributed by atoms with van der Waals surface area (Å²) < 4.78 is 0. The van der Waals surface area contributed by atoms with E-state index in [0.717, 1.165) is 22.4 Å². The van der Waals surface area contributed by atoms with E-state index in [2.05, 4.69) is 10.6 Å². The first kappa shape index (κ1) is 18.0. The third-order valence-corrected chi connectivity index (χ3v) is 3.95. The van der Waals surface area contributed by atoms with Crippen LogP contribution in [0.15, 0.2) is 48.5 Å². The van der Waals surface area contributed by atoms with Crippen molar-refractivity contribution in [2.45, 2.75) is 18.9 Å².